The molecule has 1 aliphatic carbocycles. The van der Waals surface area contributed by atoms with Gasteiger partial charge in [0.15, 0.2) is 5.96 Å². The summed E-state index contributed by atoms with van der Waals surface area (Å²) in [6.07, 6.45) is 4.92. The van der Waals surface area contributed by atoms with E-state index in [2.05, 4.69) is 31.9 Å². The number of hydrogen-bond acceptors (Lipinski definition) is 3. The average Bonchev–Trinajstić information content (AvgIpc) is 3.42. The summed E-state index contributed by atoms with van der Waals surface area (Å²) in [6.45, 7) is 4.25. The van der Waals surface area contributed by atoms with Crippen molar-refractivity contribution in [2.75, 3.05) is 40.3 Å². The van der Waals surface area contributed by atoms with Crippen LogP contribution >= 0.6 is 0 Å². The minimum absolute atomic E-state index is 0.0471. The standard InChI is InChI=1S/C20H31N5O/c1-21-19(26)17-5-3-4-15(12-17)8-10-23-20(22-2)24-13-16-9-11-25(14-16)18-6-7-18/h3-5,12,16,18H,6-11,13-14H2,1-2H3,(H,21,26)(H2,22,23,24). The predicted molar refractivity (Wildman–Crippen MR) is 106 cm³/mol. The lowest BCUT2D eigenvalue weighted by atomic mass is 10.1. The lowest BCUT2D eigenvalue weighted by Gasteiger charge is -2.17. The van der Waals surface area contributed by atoms with Gasteiger partial charge in [0.2, 0.25) is 0 Å². The van der Waals surface area contributed by atoms with Gasteiger partial charge in [-0.1, -0.05) is 12.1 Å². The van der Waals surface area contributed by atoms with Crippen LogP contribution in [-0.4, -0.2) is 63.1 Å². The van der Waals surface area contributed by atoms with Crippen molar-refractivity contribution < 1.29 is 4.79 Å². The van der Waals surface area contributed by atoms with E-state index in [1.807, 2.05) is 25.2 Å². The molecule has 1 amide bonds. The molecule has 3 rings (SSSR count). The molecule has 6 heteroatoms. The van der Waals surface area contributed by atoms with E-state index in [4.69, 9.17) is 0 Å². The zero-order valence-electron chi connectivity index (χ0n) is 15.9. The highest BCUT2D eigenvalue weighted by Gasteiger charge is 2.34. The maximum Gasteiger partial charge on any atom is 0.251 e. The Hall–Kier alpha value is -2.08. The van der Waals surface area contributed by atoms with Gasteiger partial charge in [0.25, 0.3) is 5.91 Å². The highest BCUT2D eigenvalue weighted by atomic mass is 16.1. The first-order chi connectivity index (χ1) is 12.7. The van der Waals surface area contributed by atoms with Crippen LogP contribution in [0.25, 0.3) is 0 Å². The minimum Gasteiger partial charge on any atom is -0.356 e. The molecule has 0 aromatic heterocycles. The van der Waals surface area contributed by atoms with Crippen molar-refractivity contribution in [1.82, 2.24) is 20.9 Å². The zero-order valence-corrected chi connectivity index (χ0v) is 15.9. The molecule has 1 aromatic carbocycles. The van der Waals surface area contributed by atoms with Gasteiger partial charge in [0.05, 0.1) is 0 Å². The number of nitrogens with one attached hydrogen (secondary N) is 3. The third kappa shape index (κ3) is 5.21. The van der Waals surface area contributed by atoms with Gasteiger partial charge in [0, 0.05) is 45.3 Å². The summed E-state index contributed by atoms with van der Waals surface area (Å²) in [5.74, 6) is 1.53. The summed E-state index contributed by atoms with van der Waals surface area (Å²) < 4.78 is 0. The van der Waals surface area contributed by atoms with Crippen LogP contribution in [-0.2, 0) is 6.42 Å². The van der Waals surface area contributed by atoms with Crippen molar-refractivity contribution in [1.29, 1.82) is 0 Å². The maximum atomic E-state index is 11.7. The Balaban J connectivity index is 1.38. The molecule has 26 heavy (non-hydrogen) atoms. The average molecular weight is 358 g/mol. The van der Waals surface area contributed by atoms with Gasteiger partial charge < -0.3 is 20.9 Å². The first-order valence-corrected chi connectivity index (χ1v) is 9.69. The molecule has 6 nitrogen and oxygen atoms in total. The summed E-state index contributed by atoms with van der Waals surface area (Å²) in [5, 5.41) is 9.50. The molecule has 1 aliphatic heterocycles. The Bertz CT molecular complexity index is 641. The highest BCUT2D eigenvalue weighted by molar-refractivity contribution is 5.94. The van der Waals surface area contributed by atoms with Crippen molar-refractivity contribution in [3.05, 3.63) is 35.4 Å². The Morgan fingerprint density at radius 1 is 1.27 bits per heavy atom. The van der Waals surface area contributed by atoms with Gasteiger partial charge in [-0.3, -0.25) is 9.79 Å². The smallest absolute Gasteiger partial charge is 0.251 e. The molecule has 3 N–H and O–H groups in total. The van der Waals surface area contributed by atoms with E-state index in [0.717, 1.165) is 43.0 Å². The predicted octanol–water partition coefficient (Wildman–Crippen LogP) is 1.24. The number of carbonyl (C=O) groups excluding carboxylic acids is 1. The van der Waals surface area contributed by atoms with Gasteiger partial charge in [-0.25, -0.2) is 0 Å². The van der Waals surface area contributed by atoms with Crippen molar-refractivity contribution in [3.8, 4) is 0 Å². The van der Waals surface area contributed by atoms with E-state index >= 15 is 0 Å². The molecule has 2 fully saturated rings. The van der Waals surface area contributed by atoms with E-state index in [-0.39, 0.29) is 5.91 Å². The molecule has 0 spiro atoms. The van der Waals surface area contributed by atoms with Gasteiger partial charge in [0.1, 0.15) is 0 Å². The Morgan fingerprint density at radius 3 is 2.85 bits per heavy atom. The summed E-state index contributed by atoms with van der Waals surface area (Å²) in [7, 11) is 3.47. The van der Waals surface area contributed by atoms with Crippen LogP contribution in [0.4, 0.5) is 0 Å². The Kier molecular flexibility index (Phi) is 6.50. The van der Waals surface area contributed by atoms with Crippen LogP contribution in [0.5, 0.6) is 0 Å². The SMILES string of the molecule is CN=C(NCCc1cccc(C(=O)NC)c1)NCC1CCN(C2CC2)C1. The lowest BCUT2D eigenvalue weighted by molar-refractivity contribution is 0.0963. The van der Waals surface area contributed by atoms with E-state index in [9.17, 15) is 4.79 Å². The molecule has 1 saturated carbocycles. The summed E-state index contributed by atoms with van der Waals surface area (Å²) >= 11 is 0. The molecular weight excluding hydrogens is 326 g/mol. The third-order valence-electron chi connectivity index (χ3n) is 5.28. The first kappa shape index (κ1) is 18.7. The number of nitrogens with zero attached hydrogens (tertiary/aromatic N) is 2. The van der Waals surface area contributed by atoms with E-state index < -0.39 is 0 Å². The van der Waals surface area contributed by atoms with Gasteiger partial charge in [-0.2, -0.15) is 0 Å². The molecular formula is C20H31N5O. The number of benzene rings is 1. The van der Waals surface area contributed by atoms with E-state index in [0.29, 0.717) is 5.56 Å². The fraction of sp³-hybridized carbons (Fsp3) is 0.600. The molecule has 1 aromatic rings. The summed E-state index contributed by atoms with van der Waals surface area (Å²) in [6, 6.07) is 8.64. The van der Waals surface area contributed by atoms with Gasteiger partial charge in [-0.05, 0) is 55.8 Å². The summed E-state index contributed by atoms with van der Waals surface area (Å²) in [5.41, 5.74) is 1.85. The second-order valence-electron chi connectivity index (χ2n) is 7.29. The molecule has 142 valence electrons. The van der Waals surface area contributed by atoms with Crippen molar-refractivity contribution >= 4 is 11.9 Å². The molecule has 1 heterocycles. The first-order valence-electron chi connectivity index (χ1n) is 9.69. The molecule has 0 radical (unpaired) electrons. The van der Waals surface area contributed by atoms with Crippen LogP contribution in [0.3, 0.4) is 0 Å². The van der Waals surface area contributed by atoms with Crippen molar-refractivity contribution in [3.63, 3.8) is 0 Å². The Labute approximate surface area is 156 Å². The number of guanidine groups is 1. The number of hydrogen-bond donors (Lipinski definition) is 3. The van der Waals surface area contributed by atoms with Crippen molar-refractivity contribution in [2.24, 2.45) is 10.9 Å². The molecule has 2 aliphatic rings. The summed E-state index contributed by atoms with van der Waals surface area (Å²) in [4.78, 5) is 18.7. The van der Waals surface area contributed by atoms with Crippen LogP contribution in [0, 0.1) is 5.92 Å². The zero-order chi connectivity index (χ0) is 18.4. The third-order valence-corrected chi connectivity index (χ3v) is 5.28. The molecule has 0 bridgehead atoms. The van der Waals surface area contributed by atoms with Crippen LogP contribution in [0.15, 0.2) is 29.3 Å². The van der Waals surface area contributed by atoms with Crippen LogP contribution < -0.4 is 16.0 Å². The van der Waals surface area contributed by atoms with Gasteiger partial charge >= 0.3 is 0 Å². The van der Waals surface area contributed by atoms with Gasteiger partial charge in [-0.15, -0.1) is 0 Å². The van der Waals surface area contributed by atoms with Crippen LogP contribution in [0.1, 0.15) is 35.2 Å². The molecule has 1 unspecified atom stereocenters. The van der Waals surface area contributed by atoms with E-state index in [1.54, 1.807) is 7.05 Å². The number of rotatable bonds is 7. The second-order valence-corrected chi connectivity index (χ2v) is 7.29. The molecule has 1 atom stereocenters. The monoisotopic (exact) mass is 357 g/mol. The quantitative estimate of drug-likeness (QED) is 0.507. The second kappa shape index (κ2) is 9.03. The maximum absolute atomic E-state index is 11.7. The Morgan fingerprint density at radius 2 is 2.12 bits per heavy atom. The fourth-order valence-electron chi connectivity index (χ4n) is 3.60. The minimum atomic E-state index is -0.0471. The van der Waals surface area contributed by atoms with Crippen LogP contribution in [0.2, 0.25) is 0 Å². The topological polar surface area (TPSA) is 68.8 Å². The number of carbonyl (C=O) groups is 1. The normalized spacial score (nSPS) is 20.8. The number of amides is 1. The van der Waals surface area contributed by atoms with Crippen molar-refractivity contribution in [2.45, 2.75) is 31.7 Å². The molecule has 1 saturated heterocycles. The lowest BCUT2D eigenvalue weighted by Crippen LogP contribution is -2.41. The number of likely N-dealkylation sites (tertiary alicyclic amines) is 1. The fourth-order valence-corrected chi connectivity index (χ4v) is 3.60. The highest BCUT2D eigenvalue weighted by Crippen LogP contribution is 2.31. The largest absolute Gasteiger partial charge is 0.356 e. The van der Waals surface area contributed by atoms with E-state index in [1.165, 1.54) is 32.4 Å². The number of aliphatic imine (C=N–C) groups is 1.